The molecular formula is C24H19Cl2N6NaO10S2. The number of carbonyl (C=O) groups is 1. The first-order valence-corrected chi connectivity index (χ1v) is 15.6. The van der Waals surface area contributed by atoms with Crippen molar-refractivity contribution in [3.8, 4) is 5.75 Å². The number of anilines is 2. The van der Waals surface area contributed by atoms with Crippen LogP contribution in [0.15, 0.2) is 68.6 Å². The van der Waals surface area contributed by atoms with Crippen LogP contribution in [0.2, 0.25) is 10.6 Å². The Morgan fingerprint density at radius 2 is 1.60 bits per heavy atom. The van der Waals surface area contributed by atoms with Crippen molar-refractivity contribution in [3.63, 3.8) is 0 Å². The predicted octanol–water partition coefficient (Wildman–Crippen LogP) is 0.735. The summed E-state index contributed by atoms with van der Waals surface area (Å²) in [5.74, 6) is -1.95. The summed E-state index contributed by atoms with van der Waals surface area (Å²) >= 11 is 11.7. The van der Waals surface area contributed by atoms with Gasteiger partial charge in [-0.1, -0.05) is 18.2 Å². The molecule has 3 N–H and O–H groups in total. The molecule has 3 aromatic carbocycles. The molecule has 0 amide bonds. The molecule has 1 heterocycles. The minimum absolute atomic E-state index is 0. The van der Waals surface area contributed by atoms with Gasteiger partial charge in [-0.3, -0.25) is 8.98 Å². The zero-order chi connectivity index (χ0) is 32.1. The number of carbonyl (C=O) groups excluding carboxylic acids is 1. The van der Waals surface area contributed by atoms with Crippen molar-refractivity contribution in [1.82, 2.24) is 15.0 Å². The number of fused-ring (bicyclic) bond motifs is 1. The molecule has 0 atom stereocenters. The van der Waals surface area contributed by atoms with Crippen molar-refractivity contribution in [1.29, 1.82) is 0 Å². The fourth-order valence-corrected chi connectivity index (χ4v) is 5.67. The summed E-state index contributed by atoms with van der Waals surface area (Å²) in [5.41, 5.74) is -0.759. The van der Waals surface area contributed by atoms with Crippen LogP contribution in [0, 0.1) is 0 Å². The zero-order valence-corrected chi connectivity index (χ0v) is 28.1. The Morgan fingerprint density at radius 1 is 0.956 bits per heavy atom. The Morgan fingerprint density at radius 3 is 2.22 bits per heavy atom. The van der Waals surface area contributed by atoms with Gasteiger partial charge in [0, 0.05) is 5.39 Å². The molecule has 21 heteroatoms. The number of aromatic hydroxyl groups is 1. The first-order chi connectivity index (χ1) is 20.8. The van der Waals surface area contributed by atoms with E-state index in [-0.39, 0.29) is 74.6 Å². The van der Waals surface area contributed by atoms with Crippen LogP contribution in [0.1, 0.15) is 6.42 Å². The number of azo groups is 1. The largest absolute Gasteiger partial charge is 1.00 e. The molecule has 4 rings (SSSR count). The van der Waals surface area contributed by atoms with Crippen LogP contribution in [0.3, 0.4) is 0 Å². The van der Waals surface area contributed by atoms with E-state index in [0.717, 1.165) is 18.2 Å². The number of aliphatic hydroxyl groups is 1. The topological polar surface area (TPSA) is 243 Å². The number of esters is 1. The summed E-state index contributed by atoms with van der Waals surface area (Å²) in [6, 6.07) is 10.8. The monoisotopic (exact) mass is 708 g/mol. The van der Waals surface area contributed by atoms with Gasteiger partial charge in [0.15, 0.2) is 5.75 Å². The molecule has 0 aliphatic carbocycles. The van der Waals surface area contributed by atoms with Crippen molar-refractivity contribution >= 4 is 83.2 Å². The maximum absolute atomic E-state index is 13.3. The van der Waals surface area contributed by atoms with Crippen LogP contribution in [0.25, 0.3) is 10.8 Å². The summed E-state index contributed by atoms with van der Waals surface area (Å²) in [5, 5.41) is 29.0. The summed E-state index contributed by atoms with van der Waals surface area (Å²) in [6.07, 6.45) is -0.316. The predicted molar refractivity (Wildman–Crippen MR) is 153 cm³/mol. The van der Waals surface area contributed by atoms with Gasteiger partial charge in [0.1, 0.15) is 33.9 Å². The number of halogens is 2. The van der Waals surface area contributed by atoms with E-state index >= 15 is 0 Å². The number of nitrogens with one attached hydrogen (secondary N) is 1. The number of ether oxygens (including phenoxy) is 1. The maximum Gasteiger partial charge on any atom is 1.00 e. The van der Waals surface area contributed by atoms with Crippen LogP contribution in [0.5, 0.6) is 5.75 Å². The molecule has 232 valence electrons. The van der Waals surface area contributed by atoms with Gasteiger partial charge in [0.2, 0.25) is 16.5 Å². The SMILES string of the molecule is O=C(CCO)OCCOS(=O)(=O)c1cc2cc(S(=O)(=O)[O-])c(N=Nc3ccccc3)c(O)c2cc1Nc1nc(Cl)nc(Cl)n1.[Na+]. The number of phenolic OH excluding ortho intramolecular Hbond substituents is 1. The summed E-state index contributed by atoms with van der Waals surface area (Å²) in [4.78, 5) is 21.0. The number of aromatic nitrogens is 3. The molecule has 0 radical (unpaired) electrons. The first-order valence-electron chi connectivity index (χ1n) is 12.0. The number of nitrogens with zero attached hydrogens (tertiary/aromatic N) is 5. The van der Waals surface area contributed by atoms with Crippen molar-refractivity contribution in [3.05, 3.63) is 59.1 Å². The van der Waals surface area contributed by atoms with Gasteiger partial charge in [-0.2, -0.15) is 28.5 Å². The number of benzene rings is 3. The molecule has 0 saturated carbocycles. The molecule has 45 heavy (non-hydrogen) atoms. The Balaban J connectivity index is 0.00000552. The van der Waals surface area contributed by atoms with Gasteiger partial charge in [0.25, 0.3) is 10.1 Å². The van der Waals surface area contributed by atoms with Crippen molar-refractivity contribution < 1.29 is 74.9 Å². The molecule has 0 aliphatic rings. The summed E-state index contributed by atoms with van der Waals surface area (Å²) in [6.45, 7) is -1.62. The van der Waals surface area contributed by atoms with E-state index in [1.807, 2.05) is 0 Å². The molecule has 0 saturated heterocycles. The van der Waals surface area contributed by atoms with Gasteiger partial charge in [-0.25, -0.2) is 8.42 Å². The Kier molecular flexibility index (Phi) is 12.5. The molecule has 0 aliphatic heterocycles. The van der Waals surface area contributed by atoms with E-state index in [0.29, 0.717) is 0 Å². The average Bonchev–Trinajstić information content (AvgIpc) is 2.94. The molecule has 4 aromatic rings. The second-order valence-electron chi connectivity index (χ2n) is 8.42. The second-order valence-corrected chi connectivity index (χ2v) is 12.0. The van der Waals surface area contributed by atoms with Gasteiger partial charge < -0.3 is 24.8 Å². The Labute approximate surface area is 287 Å². The van der Waals surface area contributed by atoms with E-state index in [1.54, 1.807) is 18.2 Å². The fraction of sp³-hybridized carbons (Fsp3) is 0.167. The third-order valence-corrected chi connectivity index (χ3v) is 7.98. The Hall–Kier alpha value is -3.04. The van der Waals surface area contributed by atoms with Gasteiger partial charge in [-0.15, -0.1) is 5.11 Å². The van der Waals surface area contributed by atoms with Crippen LogP contribution in [0.4, 0.5) is 23.0 Å². The van der Waals surface area contributed by atoms with E-state index in [4.69, 9.17) is 37.2 Å². The number of aliphatic hydroxyl groups excluding tert-OH is 1. The van der Waals surface area contributed by atoms with E-state index in [1.165, 1.54) is 12.1 Å². The zero-order valence-electron chi connectivity index (χ0n) is 22.9. The third kappa shape index (κ3) is 9.49. The van der Waals surface area contributed by atoms with Gasteiger partial charge in [0.05, 0.1) is 29.3 Å². The van der Waals surface area contributed by atoms with Crippen LogP contribution in [-0.2, 0) is 34.0 Å². The molecule has 0 bridgehead atoms. The van der Waals surface area contributed by atoms with E-state index in [2.05, 4.69) is 30.5 Å². The average molecular weight is 709 g/mol. The molecule has 16 nitrogen and oxygen atoms in total. The molecular weight excluding hydrogens is 690 g/mol. The number of hydrogen-bond acceptors (Lipinski definition) is 16. The minimum Gasteiger partial charge on any atom is -0.744 e. The van der Waals surface area contributed by atoms with E-state index in [9.17, 15) is 31.3 Å². The fourth-order valence-electron chi connectivity index (χ4n) is 3.60. The Bertz CT molecular complexity index is 1950. The standard InChI is InChI=1S/C24H20Cl2N6O10S2.Na/c25-22-28-23(26)30-24(29-22)27-16-12-15-13(10-17(16)44(39,40)42-9-8-41-19(34)6-7-33)11-18(43(36,37)38)20(21(15)35)32-31-14-4-2-1-3-5-14;/h1-5,10-12,33,35H,6-9H2,(H,36,37,38)(H,27,28,29,30);/q;+1/p-1. The first kappa shape index (κ1) is 36.4. The van der Waals surface area contributed by atoms with Crippen molar-refractivity contribution in [2.45, 2.75) is 16.2 Å². The van der Waals surface area contributed by atoms with Crippen LogP contribution < -0.4 is 34.9 Å². The van der Waals surface area contributed by atoms with Crippen molar-refractivity contribution in [2.24, 2.45) is 10.2 Å². The minimum atomic E-state index is -5.28. The quantitative estimate of drug-likeness (QED) is 0.0459. The maximum atomic E-state index is 13.3. The smallest absolute Gasteiger partial charge is 0.744 e. The molecule has 0 spiro atoms. The number of phenols is 1. The third-order valence-electron chi connectivity index (χ3n) is 5.44. The summed E-state index contributed by atoms with van der Waals surface area (Å²) in [7, 11) is -10.0. The molecule has 0 unspecified atom stereocenters. The van der Waals surface area contributed by atoms with Gasteiger partial charge >= 0.3 is 35.5 Å². The molecule has 1 aromatic heterocycles. The van der Waals surface area contributed by atoms with E-state index < -0.39 is 67.3 Å². The second kappa shape index (κ2) is 15.5. The van der Waals surface area contributed by atoms with Crippen molar-refractivity contribution in [2.75, 3.05) is 25.1 Å². The van der Waals surface area contributed by atoms with Crippen LogP contribution >= 0.6 is 23.2 Å². The normalized spacial score (nSPS) is 11.8. The number of hydrogen-bond donors (Lipinski definition) is 3. The summed E-state index contributed by atoms with van der Waals surface area (Å²) < 4.78 is 72.7. The number of rotatable bonds is 12. The van der Waals surface area contributed by atoms with Crippen LogP contribution in [-0.4, -0.2) is 72.3 Å². The van der Waals surface area contributed by atoms with Gasteiger partial charge in [-0.05, 0) is 58.9 Å². The molecule has 0 fully saturated rings.